The summed E-state index contributed by atoms with van der Waals surface area (Å²) in [4.78, 5) is 4.42. The smallest absolute Gasteiger partial charge is 0.299 e. The minimum absolute atomic E-state index is 0.313. The molecular formula is C12H19N3O3. The van der Waals surface area contributed by atoms with Gasteiger partial charge in [0.15, 0.2) is 6.35 Å². The van der Waals surface area contributed by atoms with Gasteiger partial charge in [-0.05, 0) is 19.3 Å². The Balaban J connectivity index is 1.78. The molecule has 2 fully saturated rings. The lowest BCUT2D eigenvalue weighted by Crippen LogP contribution is -2.28. The molecule has 18 heavy (non-hydrogen) atoms. The number of aliphatic hydroxyl groups excluding tert-OH is 1. The second kappa shape index (κ2) is 4.87. The maximum atomic E-state index is 10.1. The number of aliphatic hydroxyl groups is 1. The van der Waals surface area contributed by atoms with Gasteiger partial charge in [-0.1, -0.05) is 0 Å². The van der Waals surface area contributed by atoms with Gasteiger partial charge in [0.05, 0.1) is 19.4 Å². The van der Waals surface area contributed by atoms with Gasteiger partial charge in [-0.2, -0.15) is 4.98 Å². The molecule has 2 heterocycles. The Morgan fingerprint density at radius 3 is 3.00 bits per heavy atom. The van der Waals surface area contributed by atoms with Crippen molar-refractivity contribution in [3.63, 3.8) is 0 Å². The molecule has 1 aliphatic heterocycles. The van der Waals surface area contributed by atoms with Crippen molar-refractivity contribution in [1.82, 2.24) is 14.9 Å². The van der Waals surface area contributed by atoms with E-state index in [-0.39, 0.29) is 0 Å². The molecule has 1 aromatic heterocycles. The summed E-state index contributed by atoms with van der Waals surface area (Å²) in [7, 11) is 1.57. The number of rotatable bonds is 5. The van der Waals surface area contributed by atoms with Crippen LogP contribution in [0.2, 0.25) is 0 Å². The molecule has 2 unspecified atom stereocenters. The van der Waals surface area contributed by atoms with Gasteiger partial charge in [-0.25, -0.2) is 0 Å². The third-order valence-corrected chi connectivity index (χ3v) is 3.47. The first-order valence-electron chi connectivity index (χ1n) is 6.42. The van der Waals surface area contributed by atoms with Gasteiger partial charge < -0.3 is 14.6 Å². The van der Waals surface area contributed by atoms with Crippen molar-refractivity contribution in [2.45, 2.75) is 37.6 Å². The predicted molar refractivity (Wildman–Crippen MR) is 64.4 cm³/mol. The molecule has 2 atom stereocenters. The summed E-state index contributed by atoms with van der Waals surface area (Å²) in [6.45, 7) is 1.48. The zero-order valence-electron chi connectivity index (χ0n) is 10.5. The van der Waals surface area contributed by atoms with Crippen molar-refractivity contribution >= 4 is 0 Å². The van der Waals surface area contributed by atoms with Crippen LogP contribution >= 0.6 is 0 Å². The molecule has 0 amide bonds. The minimum atomic E-state index is -0.768. The quantitative estimate of drug-likeness (QED) is 0.752. The highest BCUT2D eigenvalue weighted by molar-refractivity contribution is 5.14. The summed E-state index contributed by atoms with van der Waals surface area (Å²) in [5, 5.41) is 13.2. The highest BCUT2D eigenvalue weighted by atomic mass is 16.5. The summed E-state index contributed by atoms with van der Waals surface area (Å²) < 4.78 is 12.2. The topological polar surface area (TPSA) is 68.5 Å². The van der Waals surface area contributed by atoms with Gasteiger partial charge in [0.25, 0.3) is 6.01 Å². The van der Waals surface area contributed by atoms with E-state index in [4.69, 9.17) is 9.47 Å². The summed E-state index contributed by atoms with van der Waals surface area (Å²) in [6, 6.07) is 0.864. The molecule has 0 aromatic carbocycles. The summed E-state index contributed by atoms with van der Waals surface area (Å²) >= 11 is 0. The molecule has 1 saturated heterocycles. The number of ether oxygens (including phenoxy) is 2. The molecule has 0 spiro atoms. The fourth-order valence-electron chi connectivity index (χ4n) is 2.23. The van der Waals surface area contributed by atoms with Gasteiger partial charge in [0.2, 0.25) is 0 Å². The molecule has 0 radical (unpaired) electrons. The van der Waals surface area contributed by atoms with E-state index in [0.29, 0.717) is 24.6 Å². The first-order chi connectivity index (χ1) is 8.78. The second-order valence-corrected chi connectivity index (χ2v) is 4.93. The predicted octanol–water partition coefficient (Wildman–Crippen LogP) is 0.596. The highest BCUT2D eigenvalue weighted by Gasteiger charge is 2.28. The zero-order valence-corrected chi connectivity index (χ0v) is 10.5. The van der Waals surface area contributed by atoms with Gasteiger partial charge in [0, 0.05) is 24.8 Å². The number of aromatic nitrogens is 2. The lowest BCUT2D eigenvalue weighted by molar-refractivity contribution is 0.0574. The van der Waals surface area contributed by atoms with Crippen molar-refractivity contribution in [3.05, 3.63) is 11.9 Å². The molecule has 3 rings (SSSR count). The first kappa shape index (κ1) is 12.0. The molecular weight excluding hydrogens is 234 g/mol. The van der Waals surface area contributed by atoms with E-state index in [0.717, 1.165) is 31.6 Å². The van der Waals surface area contributed by atoms with Crippen LogP contribution in [0, 0.1) is 0 Å². The average molecular weight is 253 g/mol. The Kier molecular flexibility index (Phi) is 3.23. The Morgan fingerprint density at radius 2 is 2.39 bits per heavy atom. The molecule has 0 bridgehead atoms. The maximum Gasteiger partial charge on any atom is 0.299 e. The van der Waals surface area contributed by atoms with Crippen LogP contribution in [0.5, 0.6) is 6.01 Å². The Bertz CT molecular complexity index is 411. The van der Waals surface area contributed by atoms with Crippen molar-refractivity contribution in [2.75, 3.05) is 20.3 Å². The number of imidazole rings is 1. The average Bonchev–Trinajstić information content (AvgIpc) is 2.90. The van der Waals surface area contributed by atoms with Crippen LogP contribution in [0.1, 0.15) is 37.2 Å². The lowest BCUT2D eigenvalue weighted by Gasteiger charge is -2.15. The molecule has 2 aliphatic rings. The fourth-order valence-corrected chi connectivity index (χ4v) is 2.23. The minimum Gasteiger partial charge on any atom is -0.468 e. The largest absolute Gasteiger partial charge is 0.468 e. The van der Waals surface area contributed by atoms with E-state index >= 15 is 0 Å². The van der Waals surface area contributed by atoms with Crippen molar-refractivity contribution < 1.29 is 14.6 Å². The molecule has 1 saturated carbocycles. The van der Waals surface area contributed by atoms with Crippen LogP contribution in [-0.4, -0.2) is 41.0 Å². The van der Waals surface area contributed by atoms with Crippen LogP contribution in [0.15, 0.2) is 6.20 Å². The van der Waals surface area contributed by atoms with Crippen molar-refractivity contribution in [3.8, 4) is 6.01 Å². The zero-order chi connectivity index (χ0) is 12.5. The van der Waals surface area contributed by atoms with Crippen LogP contribution in [0.25, 0.3) is 0 Å². The third kappa shape index (κ3) is 2.36. The number of hydrogen-bond donors (Lipinski definition) is 2. The van der Waals surface area contributed by atoms with Gasteiger partial charge >= 0.3 is 0 Å². The number of nitrogens with zero attached hydrogens (tertiary/aromatic N) is 2. The number of nitrogens with one attached hydrogen (secondary N) is 1. The van der Waals surface area contributed by atoms with E-state index in [2.05, 4.69) is 10.3 Å². The molecule has 1 aliphatic carbocycles. The van der Waals surface area contributed by atoms with E-state index in [1.54, 1.807) is 11.7 Å². The van der Waals surface area contributed by atoms with Crippen molar-refractivity contribution in [1.29, 1.82) is 0 Å². The molecule has 1 aromatic rings. The molecule has 6 nitrogen and oxygen atoms in total. The van der Waals surface area contributed by atoms with Crippen LogP contribution in [-0.2, 0) is 4.74 Å². The fraction of sp³-hybridized carbons (Fsp3) is 0.750. The summed E-state index contributed by atoms with van der Waals surface area (Å²) in [5.41, 5.74) is 0.931. The second-order valence-electron chi connectivity index (χ2n) is 4.93. The monoisotopic (exact) mass is 253 g/mol. The molecule has 100 valence electrons. The Hall–Kier alpha value is -1.11. The third-order valence-electron chi connectivity index (χ3n) is 3.47. The maximum absolute atomic E-state index is 10.1. The first-order valence-corrected chi connectivity index (χ1v) is 6.42. The van der Waals surface area contributed by atoms with Crippen LogP contribution < -0.4 is 10.1 Å². The highest BCUT2D eigenvalue weighted by Crippen LogP contribution is 2.28. The number of hydrogen-bond acceptors (Lipinski definition) is 5. The normalized spacial score (nSPS) is 25.3. The van der Waals surface area contributed by atoms with Crippen LogP contribution in [0.4, 0.5) is 0 Å². The van der Waals surface area contributed by atoms with Gasteiger partial charge in [-0.15, -0.1) is 0 Å². The summed E-state index contributed by atoms with van der Waals surface area (Å²) in [5.74, 6) is 0.313. The molecule has 6 heteroatoms. The van der Waals surface area contributed by atoms with Gasteiger partial charge in [0.1, 0.15) is 0 Å². The summed E-state index contributed by atoms with van der Waals surface area (Å²) in [6.07, 6.45) is 4.32. The van der Waals surface area contributed by atoms with Crippen LogP contribution in [0.3, 0.4) is 0 Å². The SMILES string of the molecule is COc1nc(C2CCOC2)cn1C(O)NC1CC1. The van der Waals surface area contributed by atoms with Gasteiger partial charge in [-0.3, -0.25) is 9.88 Å². The van der Waals surface area contributed by atoms with E-state index in [1.165, 1.54) is 0 Å². The van der Waals surface area contributed by atoms with E-state index in [1.807, 2.05) is 6.20 Å². The Morgan fingerprint density at radius 1 is 1.56 bits per heavy atom. The van der Waals surface area contributed by atoms with E-state index < -0.39 is 6.35 Å². The Labute approximate surface area is 106 Å². The number of methoxy groups -OCH3 is 1. The van der Waals surface area contributed by atoms with Crippen molar-refractivity contribution in [2.24, 2.45) is 0 Å². The lowest BCUT2D eigenvalue weighted by atomic mass is 10.1. The standard InChI is InChI=1S/C12H19N3O3/c1-17-12-14-10(8-4-5-18-7-8)6-15(12)11(16)13-9-2-3-9/h6,8-9,11,13,16H,2-5,7H2,1H3. The molecule has 2 N–H and O–H groups in total. The van der Waals surface area contributed by atoms with E-state index in [9.17, 15) is 5.11 Å².